The number of benzene rings is 2. The van der Waals surface area contributed by atoms with Gasteiger partial charge in [-0.05, 0) is 54.5 Å². The van der Waals surface area contributed by atoms with E-state index >= 15 is 0 Å². The highest BCUT2D eigenvalue weighted by atomic mass is 32.2. The molecule has 2 aromatic heterocycles. The van der Waals surface area contributed by atoms with Crippen molar-refractivity contribution in [2.75, 3.05) is 18.2 Å². The van der Waals surface area contributed by atoms with Crippen LogP contribution in [-0.2, 0) is 25.5 Å². The molecule has 4 rings (SSSR count). The Morgan fingerprint density at radius 3 is 2.59 bits per heavy atom. The smallest absolute Gasteiger partial charge is 0.435 e. The maximum atomic E-state index is 13.3. The molecule has 0 radical (unpaired) electrons. The monoisotopic (exact) mass is 557 g/mol. The molecule has 0 spiro atoms. The van der Waals surface area contributed by atoms with Crippen molar-refractivity contribution in [3.05, 3.63) is 84.3 Å². The number of hydrogen-bond donors (Lipinski definition) is 1. The lowest BCUT2D eigenvalue weighted by Crippen LogP contribution is -2.10. The first-order valence-corrected chi connectivity index (χ1v) is 13.4. The lowest BCUT2D eigenvalue weighted by atomic mass is 10.0. The van der Waals surface area contributed by atoms with Crippen molar-refractivity contribution in [3.8, 4) is 16.9 Å². The molecule has 0 atom stereocenters. The number of nitrogens with one attached hydrogen (secondary N) is 1. The zero-order valence-corrected chi connectivity index (χ0v) is 21.5. The van der Waals surface area contributed by atoms with Gasteiger partial charge in [0.05, 0.1) is 11.5 Å². The van der Waals surface area contributed by atoms with Crippen LogP contribution in [0, 0.1) is 0 Å². The molecule has 9 nitrogen and oxygen atoms in total. The minimum atomic E-state index is -4.66. The van der Waals surface area contributed by atoms with Gasteiger partial charge < -0.3 is 10.1 Å². The summed E-state index contributed by atoms with van der Waals surface area (Å²) < 4.78 is 69.5. The highest BCUT2D eigenvalue weighted by molar-refractivity contribution is 7.90. The molecule has 0 aliphatic carbocycles. The lowest BCUT2D eigenvalue weighted by Gasteiger charge is -2.13. The fourth-order valence-electron chi connectivity index (χ4n) is 3.50. The molecule has 0 amide bonds. The first kappa shape index (κ1) is 27.5. The van der Waals surface area contributed by atoms with Crippen LogP contribution in [0.5, 0.6) is 0 Å². The van der Waals surface area contributed by atoms with Gasteiger partial charge in [0, 0.05) is 36.0 Å². The van der Waals surface area contributed by atoms with E-state index in [2.05, 4.69) is 20.4 Å². The minimum Gasteiger partial charge on any atom is -0.463 e. The molecule has 2 aromatic carbocycles. The van der Waals surface area contributed by atoms with Crippen LogP contribution in [0.3, 0.4) is 0 Å². The fraction of sp³-hybridized carbons (Fsp3) is 0.154. The number of aromatic nitrogens is 4. The summed E-state index contributed by atoms with van der Waals surface area (Å²) in [6.07, 6.45) is 1.76. The highest BCUT2D eigenvalue weighted by Gasteiger charge is 2.34. The van der Waals surface area contributed by atoms with Crippen LogP contribution in [0.4, 0.5) is 24.8 Å². The van der Waals surface area contributed by atoms with Crippen molar-refractivity contribution in [3.63, 3.8) is 0 Å². The molecular weight excluding hydrogens is 535 g/mol. The number of rotatable bonds is 8. The standard InChI is InChI=1S/C26H22F3N5O4S/c1-3-38-23(35)11-10-17-6-4-7-18(14-17)21-16-30-25(31-19-8-5-9-20(15-19)39(2,36)37)32-24(21)34-13-12-22(33-34)26(27,28)29/h4-16H,3H2,1-2H3,(H,30,31,32). The average molecular weight is 558 g/mol. The van der Waals surface area contributed by atoms with Gasteiger partial charge in [-0.3, -0.25) is 0 Å². The van der Waals surface area contributed by atoms with E-state index in [1.165, 1.54) is 30.5 Å². The Labute approximate surface area is 221 Å². The summed E-state index contributed by atoms with van der Waals surface area (Å²) in [5.41, 5.74) is 0.787. The number of carbonyl (C=O) groups is 1. The third-order valence-electron chi connectivity index (χ3n) is 5.28. The summed E-state index contributed by atoms with van der Waals surface area (Å²) in [6.45, 7) is 1.92. The normalized spacial score (nSPS) is 12.0. The van der Waals surface area contributed by atoms with Crippen LogP contribution in [0.1, 0.15) is 18.2 Å². The van der Waals surface area contributed by atoms with E-state index in [1.807, 2.05) is 0 Å². The SMILES string of the molecule is CCOC(=O)C=Cc1cccc(-c2cnc(Nc3cccc(S(C)(=O)=O)c3)nc2-n2ccc(C(F)(F)F)n2)c1. The molecule has 0 saturated heterocycles. The Kier molecular flexibility index (Phi) is 7.81. The number of anilines is 2. The summed E-state index contributed by atoms with van der Waals surface area (Å²) in [7, 11) is -3.48. The summed E-state index contributed by atoms with van der Waals surface area (Å²) >= 11 is 0. The van der Waals surface area contributed by atoms with E-state index in [4.69, 9.17) is 4.74 Å². The summed E-state index contributed by atoms with van der Waals surface area (Å²) in [5.74, 6) is -0.478. The van der Waals surface area contributed by atoms with E-state index in [0.717, 1.165) is 23.2 Å². The Balaban J connectivity index is 1.77. The van der Waals surface area contributed by atoms with Gasteiger partial charge in [0.2, 0.25) is 5.95 Å². The number of hydrogen-bond acceptors (Lipinski definition) is 8. The molecule has 39 heavy (non-hydrogen) atoms. The van der Waals surface area contributed by atoms with Crippen LogP contribution in [0.15, 0.2) is 78.0 Å². The average Bonchev–Trinajstić information content (AvgIpc) is 3.39. The molecule has 4 aromatic rings. The van der Waals surface area contributed by atoms with E-state index in [9.17, 15) is 26.4 Å². The zero-order valence-electron chi connectivity index (χ0n) is 20.7. The number of carbonyl (C=O) groups excluding carboxylic acids is 1. The van der Waals surface area contributed by atoms with Crippen molar-refractivity contribution in [1.82, 2.24) is 19.7 Å². The third-order valence-corrected chi connectivity index (χ3v) is 6.39. The second-order valence-corrected chi connectivity index (χ2v) is 10.2. The van der Waals surface area contributed by atoms with Crippen molar-refractivity contribution in [1.29, 1.82) is 0 Å². The van der Waals surface area contributed by atoms with Crippen LogP contribution < -0.4 is 5.32 Å². The third kappa shape index (κ3) is 6.87. The zero-order chi connectivity index (χ0) is 28.2. The van der Waals surface area contributed by atoms with Gasteiger partial charge in [-0.25, -0.2) is 22.9 Å². The molecule has 2 heterocycles. The Hall–Kier alpha value is -4.52. The number of sulfone groups is 1. The quantitative estimate of drug-likeness (QED) is 0.236. The van der Waals surface area contributed by atoms with Gasteiger partial charge in [0.25, 0.3) is 0 Å². The number of ether oxygens (including phenoxy) is 1. The molecule has 0 aliphatic heterocycles. The maximum absolute atomic E-state index is 13.3. The molecule has 202 valence electrons. The molecule has 1 N–H and O–H groups in total. The van der Waals surface area contributed by atoms with Crippen LogP contribution >= 0.6 is 0 Å². The van der Waals surface area contributed by atoms with Gasteiger partial charge in [-0.2, -0.15) is 23.3 Å². The van der Waals surface area contributed by atoms with Gasteiger partial charge in [-0.15, -0.1) is 0 Å². The number of nitrogens with zero attached hydrogens (tertiary/aromatic N) is 4. The van der Waals surface area contributed by atoms with Crippen LogP contribution in [0.2, 0.25) is 0 Å². The molecule has 0 unspecified atom stereocenters. The Morgan fingerprint density at radius 1 is 1.13 bits per heavy atom. The van der Waals surface area contributed by atoms with Crippen molar-refractivity contribution >= 4 is 33.5 Å². The highest BCUT2D eigenvalue weighted by Crippen LogP contribution is 2.31. The van der Waals surface area contributed by atoms with E-state index in [-0.39, 0.29) is 23.3 Å². The van der Waals surface area contributed by atoms with E-state index in [1.54, 1.807) is 43.3 Å². The number of esters is 1. The van der Waals surface area contributed by atoms with E-state index < -0.39 is 27.7 Å². The number of alkyl halides is 3. The minimum absolute atomic E-state index is 0.00169. The van der Waals surface area contributed by atoms with Crippen LogP contribution in [0.25, 0.3) is 23.0 Å². The van der Waals surface area contributed by atoms with Gasteiger partial charge in [0.1, 0.15) is 0 Å². The van der Waals surface area contributed by atoms with Gasteiger partial charge in [-0.1, -0.05) is 24.3 Å². The summed E-state index contributed by atoms with van der Waals surface area (Å²) in [5, 5.41) is 6.54. The second-order valence-electron chi connectivity index (χ2n) is 8.21. The predicted molar refractivity (Wildman–Crippen MR) is 138 cm³/mol. The lowest BCUT2D eigenvalue weighted by molar-refractivity contribution is -0.141. The maximum Gasteiger partial charge on any atom is 0.435 e. The first-order chi connectivity index (χ1) is 18.4. The number of halogens is 3. The second kappa shape index (κ2) is 11.1. The summed E-state index contributed by atoms with van der Waals surface area (Å²) in [4.78, 5) is 20.4. The Morgan fingerprint density at radius 2 is 1.90 bits per heavy atom. The predicted octanol–water partition coefficient (Wildman–Crippen LogP) is 5.07. The molecule has 0 aliphatic rings. The van der Waals surface area contributed by atoms with Crippen LogP contribution in [-0.4, -0.2) is 47.0 Å². The molecule has 13 heteroatoms. The molecule has 0 saturated carbocycles. The van der Waals surface area contributed by atoms with E-state index in [0.29, 0.717) is 22.4 Å². The fourth-order valence-corrected chi connectivity index (χ4v) is 4.17. The Bertz CT molecular complexity index is 1650. The largest absolute Gasteiger partial charge is 0.463 e. The molecular formula is C26H22F3N5O4S. The van der Waals surface area contributed by atoms with Gasteiger partial charge in [0.15, 0.2) is 21.3 Å². The molecule has 0 fully saturated rings. The summed E-state index contributed by atoms with van der Waals surface area (Å²) in [6, 6.07) is 13.6. The topological polar surface area (TPSA) is 116 Å². The first-order valence-electron chi connectivity index (χ1n) is 11.5. The molecule has 0 bridgehead atoms. The van der Waals surface area contributed by atoms with Gasteiger partial charge >= 0.3 is 12.1 Å². The van der Waals surface area contributed by atoms with Crippen molar-refractivity contribution in [2.24, 2.45) is 0 Å². The van der Waals surface area contributed by atoms with Crippen molar-refractivity contribution < 1.29 is 31.1 Å². The van der Waals surface area contributed by atoms with Crippen molar-refractivity contribution in [2.45, 2.75) is 18.0 Å².